The molecule has 0 aliphatic rings. The van der Waals surface area contributed by atoms with Crippen molar-refractivity contribution in [1.82, 2.24) is 4.72 Å². The molecule has 2 N–H and O–H groups in total. The summed E-state index contributed by atoms with van der Waals surface area (Å²) in [5, 5.41) is 13.2. The molecule has 3 rings (SSSR count). The normalized spacial score (nSPS) is 11.9. The SMILES string of the molecule is CC(OC(=O)c1ccc(Cl)c(S(=O)(=O)NCc2ccccc2)c1)C(=O)Nc1cccc([N+](=O)[O-])c1. The molecule has 0 heterocycles. The maximum atomic E-state index is 12.8. The van der Waals surface area contributed by atoms with Crippen molar-refractivity contribution in [2.75, 3.05) is 5.32 Å². The lowest BCUT2D eigenvalue weighted by molar-refractivity contribution is -0.384. The van der Waals surface area contributed by atoms with Gasteiger partial charge in [0.1, 0.15) is 4.90 Å². The fourth-order valence-electron chi connectivity index (χ4n) is 2.91. The first-order chi connectivity index (χ1) is 16.6. The van der Waals surface area contributed by atoms with Crippen LogP contribution in [0.15, 0.2) is 77.7 Å². The molecule has 3 aromatic carbocycles. The second-order valence-corrected chi connectivity index (χ2v) is 9.44. The molecule has 182 valence electrons. The molecule has 0 spiro atoms. The average Bonchev–Trinajstić information content (AvgIpc) is 2.83. The molecule has 0 fully saturated rings. The molecule has 3 aromatic rings. The minimum Gasteiger partial charge on any atom is -0.449 e. The Bertz CT molecular complexity index is 1360. The summed E-state index contributed by atoms with van der Waals surface area (Å²) in [7, 11) is -4.07. The van der Waals surface area contributed by atoms with Crippen LogP contribution in [0.2, 0.25) is 5.02 Å². The number of hydrogen-bond donors (Lipinski definition) is 2. The molecular weight excluding hydrogens is 498 g/mol. The van der Waals surface area contributed by atoms with Crippen LogP contribution in [0.5, 0.6) is 0 Å². The van der Waals surface area contributed by atoms with Crippen molar-refractivity contribution in [3.8, 4) is 0 Å². The van der Waals surface area contributed by atoms with E-state index in [4.69, 9.17) is 16.3 Å². The Morgan fingerprint density at radius 3 is 2.46 bits per heavy atom. The van der Waals surface area contributed by atoms with E-state index in [0.29, 0.717) is 0 Å². The van der Waals surface area contributed by atoms with Gasteiger partial charge in [-0.1, -0.05) is 48.0 Å². The Hall–Kier alpha value is -3.80. The molecule has 10 nitrogen and oxygen atoms in total. The molecule has 0 radical (unpaired) electrons. The summed E-state index contributed by atoms with van der Waals surface area (Å²) in [5.74, 6) is -1.69. The number of amides is 1. The van der Waals surface area contributed by atoms with Crippen molar-refractivity contribution < 1.29 is 27.7 Å². The number of halogens is 1. The van der Waals surface area contributed by atoms with Gasteiger partial charge < -0.3 is 10.1 Å². The van der Waals surface area contributed by atoms with Gasteiger partial charge in [0.05, 0.1) is 15.5 Å². The van der Waals surface area contributed by atoms with Gasteiger partial charge in [0.25, 0.3) is 11.6 Å². The van der Waals surface area contributed by atoms with E-state index in [2.05, 4.69) is 10.0 Å². The van der Waals surface area contributed by atoms with Gasteiger partial charge in [-0.25, -0.2) is 17.9 Å². The van der Waals surface area contributed by atoms with Crippen LogP contribution in [-0.4, -0.2) is 31.3 Å². The van der Waals surface area contributed by atoms with Crippen LogP contribution in [0.25, 0.3) is 0 Å². The number of esters is 1. The summed E-state index contributed by atoms with van der Waals surface area (Å²) in [6.45, 7) is 1.32. The van der Waals surface area contributed by atoms with E-state index in [-0.39, 0.29) is 33.4 Å². The van der Waals surface area contributed by atoms with Crippen molar-refractivity contribution in [3.05, 3.63) is 99.1 Å². The van der Waals surface area contributed by atoms with Crippen LogP contribution in [0.4, 0.5) is 11.4 Å². The van der Waals surface area contributed by atoms with Crippen LogP contribution in [0.3, 0.4) is 0 Å². The zero-order valence-electron chi connectivity index (χ0n) is 18.3. The number of hydrogen-bond acceptors (Lipinski definition) is 7. The second kappa shape index (κ2) is 11.1. The number of anilines is 1. The molecule has 0 saturated carbocycles. The minimum absolute atomic E-state index is 0.0169. The Morgan fingerprint density at radius 2 is 1.77 bits per heavy atom. The Kier molecular flexibility index (Phi) is 8.18. The molecule has 12 heteroatoms. The number of ether oxygens (including phenoxy) is 1. The summed E-state index contributed by atoms with van der Waals surface area (Å²) >= 11 is 6.07. The third-order valence-corrected chi connectivity index (χ3v) is 6.63. The van der Waals surface area contributed by atoms with Gasteiger partial charge in [-0.2, -0.15) is 0 Å². The topological polar surface area (TPSA) is 145 Å². The van der Waals surface area contributed by atoms with E-state index in [1.807, 2.05) is 0 Å². The van der Waals surface area contributed by atoms with E-state index in [9.17, 15) is 28.1 Å². The summed E-state index contributed by atoms with van der Waals surface area (Å²) in [6, 6.07) is 17.7. The van der Waals surface area contributed by atoms with E-state index >= 15 is 0 Å². The maximum absolute atomic E-state index is 12.8. The predicted molar refractivity (Wildman–Crippen MR) is 129 cm³/mol. The number of benzene rings is 3. The summed E-state index contributed by atoms with van der Waals surface area (Å²) < 4.78 is 33.1. The van der Waals surface area contributed by atoms with Gasteiger partial charge in [-0.05, 0) is 36.8 Å². The molecular formula is C23H20ClN3O7S. The molecule has 1 unspecified atom stereocenters. The predicted octanol–water partition coefficient (Wildman–Crippen LogP) is 3.91. The first-order valence-corrected chi connectivity index (χ1v) is 12.0. The fourth-order valence-corrected chi connectivity index (χ4v) is 4.45. The van der Waals surface area contributed by atoms with Crippen LogP contribution in [0.1, 0.15) is 22.8 Å². The standard InChI is InChI=1S/C23H20ClN3O7S/c1-15(22(28)26-18-8-5-9-19(13-18)27(30)31)34-23(29)17-10-11-20(24)21(12-17)35(32,33)25-14-16-6-3-2-4-7-16/h2-13,15,25H,14H2,1H3,(H,26,28). The highest BCUT2D eigenvalue weighted by atomic mass is 35.5. The third kappa shape index (κ3) is 6.85. The third-order valence-electron chi connectivity index (χ3n) is 4.74. The highest BCUT2D eigenvalue weighted by Crippen LogP contribution is 2.24. The number of non-ortho nitro benzene ring substituents is 1. The van der Waals surface area contributed by atoms with Crippen LogP contribution < -0.4 is 10.0 Å². The lowest BCUT2D eigenvalue weighted by Crippen LogP contribution is -2.30. The van der Waals surface area contributed by atoms with Crippen LogP contribution >= 0.6 is 11.6 Å². The number of carbonyl (C=O) groups is 2. The summed E-state index contributed by atoms with van der Waals surface area (Å²) in [5.41, 5.74) is 0.524. The lowest BCUT2D eigenvalue weighted by atomic mass is 10.2. The molecule has 0 bridgehead atoms. The zero-order valence-corrected chi connectivity index (χ0v) is 19.9. The lowest BCUT2D eigenvalue weighted by Gasteiger charge is -2.14. The zero-order chi connectivity index (χ0) is 25.6. The van der Waals surface area contributed by atoms with E-state index in [1.54, 1.807) is 30.3 Å². The maximum Gasteiger partial charge on any atom is 0.338 e. The summed E-state index contributed by atoms with van der Waals surface area (Å²) in [4.78, 5) is 34.9. The number of nitro groups is 1. The number of nitrogens with zero attached hydrogens (tertiary/aromatic N) is 1. The monoisotopic (exact) mass is 517 g/mol. The van der Waals surface area contributed by atoms with Gasteiger partial charge in [0.15, 0.2) is 6.10 Å². The Balaban J connectivity index is 1.69. The highest BCUT2D eigenvalue weighted by molar-refractivity contribution is 7.89. The Morgan fingerprint density at radius 1 is 1.06 bits per heavy atom. The largest absolute Gasteiger partial charge is 0.449 e. The van der Waals surface area contributed by atoms with Crippen LogP contribution in [-0.2, 0) is 26.1 Å². The van der Waals surface area contributed by atoms with E-state index < -0.39 is 32.9 Å². The Labute approximate surface area is 206 Å². The fraction of sp³-hybridized carbons (Fsp3) is 0.130. The molecule has 0 aliphatic heterocycles. The second-order valence-electron chi connectivity index (χ2n) is 7.30. The van der Waals surface area contributed by atoms with Crippen molar-refractivity contribution in [3.63, 3.8) is 0 Å². The van der Waals surface area contributed by atoms with Crippen molar-refractivity contribution in [1.29, 1.82) is 0 Å². The first-order valence-electron chi connectivity index (χ1n) is 10.2. The molecule has 1 amide bonds. The molecule has 0 saturated heterocycles. The number of carbonyl (C=O) groups excluding carboxylic acids is 2. The molecule has 0 aliphatic carbocycles. The number of nitrogens with one attached hydrogen (secondary N) is 2. The van der Waals surface area contributed by atoms with Gasteiger partial charge in [-0.3, -0.25) is 14.9 Å². The minimum atomic E-state index is -4.07. The molecule has 1 atom stereocenters. The smallest absolute Gasteiger partial charge is 0.338 e. The van der Waals surface area contributed by atoms with E-state index in [1.165, 1.54) is 37.3 Å². The molecule has 0 aromatic heterocycles. The van der Waals surface area contributed by atoms with Crippen molar-refractivity contribution >= 4 is 44.9 Å². The van der Waals surface area contributed by atoms with Gasteiger partial charge in [0.2, 0.25) is 10.0 Å². The van der Waals surface area contributed by atoms with Crippen LogP contribution in [0, 0.1) is 10.1 Å². The highest BCUT2D eigenvalue weighted by Gasteiger charge is 2.23. The van der Waals surface area contributed by atoms with E-state index in [0.717, 1.165) is 17.7 Å². The van der Waals surface area contributed by atoms with Crippen molar-refractivity contribution in [2.24, 2.45) is 0 Å². The van der Waals surface area contributed by atoms with Gasteiger partial charge in [-0.15, -0.1) is 0 Å². The number of nitro benzene ring substituents is 1. The quantitative estimate of drug-likeness (QED) is 0.248. The molecule has 35 heavy (non-hydrogen) atoms. The first kappa shape index (κ1) is 25.8. The average molecular weight is 518 g/mol. The van der Waals surface area contributed by atoms with Gasteiger partial charge >= 0.3 is 5.97 Å². The number of rotatable bonds is 9. The van der Waals surface area contributed by atoms with Crippen molar-refractivity contribution in [2.45, 2.75) is 24.5 Å². The number of sulfonamides is 1. The summed E-state index contributed by atoms with van der Waals surface area (Å²) in [6.07, 6.45) is -1.28. The van der Waals surface area contributed by atoms with Gasteiger partial charge in [0, 0.05) is 24.4 Å².